The average molecular weight is 498 g/mol. The van der Waals surface area contributed by atoms with Gasteiger partial charge in [-0.25, -0.2) is 4.79 Å². The van der Waals surface area contributed by atoms with Crippen LogP contribution in [0.3, 0.4) is 0 Å². The van der Waals surface area contributed by atoms with Gasteiger partial charge in [0.05, 0.1) is 27.1 Å². The van der Waals surface area contributed by atoms with Gasteiger partial charge in [-0.05, 0) is 72.3 Å². The van der Waals surface area contributed by atoms with Crippen molar-refractivity contribution in [3.05, 3.63) is 104 Å². The first-order valence-electron chi connectivity index (χ1n) is 9.88. The summed E-state index contributed by atoms with van der Waals surface area (Å²) in [5, 5.41) is 0.406. The first kappa shape index (κ1) is 23.1. The van der Waals surface area contributed by atoms with Crippen LogP contribution in [-0.4, -0.2) is 22.0 Å². The van der Waals surface area contributed by atoms with Crippen LogP contribution in [0.4, 0.5) is 4.79 Å². The molecule has 4 rings (SSSR count). The topological polar surface area (TPSA) is 63.7 Å². The van der Waals surface area contributed by atoms with Crippen LogP contribution in [0.5, 0.6) is 5.75 Å². The predicted molar refractivity (Wildman–Crippen MR) is 131 cm³/mol. The van der Waals surface area contributed by atoms with Gasteiger partial charge in [-0.2, -0.15) is 0 Å². The molecule has 0 unspecified atom stereocenters. The fourth-order valence-electron chi connectivity index (χ4n) is 3.18. The summed E-state index contributed by atoms with van der Waals surface area (Å²) >= 11 is 12.8. The van der Waals surface area contributed by atoms with Crippen molar-refractivity contribution in [2.45, 2.75) is 13.5 Å². The Hall–Kier alpha value is -3.06. The van der Waals surface area contributed by atoms with Crippen LogP contribution < -0.4 is 4.74 Å². The molecule has 0 N–H and O–H groups in total. The number of halogens is 2. The van der Waals surface area contributed by atoms with Crippen LogP contribution in [0.15, 0.2) is 71.6 Å². The summed E-state index contributed by atoms with van der Waals surface area (Å²) in [7, 11) is 0. The lowest BCUT2D eigenvalue weighted by atomic mass is 10.1. The minimum Gasteiger partial charge on any atom is -0.423 e. The number of carbonyl (C=O) groups is 3. The van der Waals surface area contributed by atoms with Crippen molar-refractivity contribution in [2.75, 3.05) is 0 Å². The third kappa shape index (κ3) is 5.47. The molecule has 1 saturated heterocycles. The van der Waals surface area contributed by atoms with E-state index >= 15 is 0 Å². The molecule has 0 radical (unpaired) electrons. The van der Waals surface area contributed by atoms with E-state index in [4.69, 9.17) is 27.9 Å². The van der Waals surface area contributed by atoms with Gasteiger partial charge in [-0.1, -0.05) is 59.1 Å². The lowest BCUT2D eigenvalue weighted by molar-refractivity contribution is -0.123. The summed E-state index contributed by atoms with van der Waals surface area (Å²) in [6, 6.07) is 18.8. The van der Waals surface area contributed by atoms with Gasteiger partial charge in [0.15, 0.2) is 0 Å². The van der Waals surface area contributed by atoms with Gasteiger partial charge in [-0.3, -0.25) is 14.5 Å². The highest BCUT2D eigenvalue weighted by molar-refractivity contribution is 8.18. The highest BCUT2D eigenvalue weighted by atomic mass is 35.5. The van der Waals surface area contributed by atoms with E-state index in [1.807, 2.05) is 13.0 Å². The molecule has 0 saturated carbocycles. The summed E-state index contributed by atoms with van der Waals surface area (Å²) in [5.74, 6) is -0.452. The summed E-state index contributed by atoms with van der Waals surface area (Å²) in [5.41, 5.74) is 2.83. The molecule has 0 spiro atoms. The zero-order chi connectivity index (χ0) is 23.5. The Bertz CT molecular complexity index is 1290. The molecule has 33 heavy (non-hydrogen) atoms. The van der Waals surface area contributed by atoms with E-state index in [0.717, 1.165) is 22.2 Å². The average Bonchev–Trinajstić information content (AvgIpc) is 3.05. The van der Waals surface area contributed by atoms with E-state index in [1.54, 1.807) is 66.7 Å². The molecule has 5 nitrogen and oxygen atoms in total. The van der Waals surface area contributed by atoms with E-state index in [0.29, 0.717) is 37.4 Å². The second-order valence-electron chi connectivity index (χ2n) is 7.34. The lowest BCUT2D eigenvalue weighted by Gasteiger charge is -2.12. The van der Waals surface area contributed by atoms with E-state index in [2.05, 4.69) is 0 Å². The maximum atomic E-state index is 12.8. The number of nitrogens with zero attached hydrogens (tertiary/aromatic N) is 1. The van der Waals surface area contributed by atoms with Crippen molar-refractivity contribution < 1.29 is 19.1 Å². The quantitative estimate of drug-likeness (QED) is 0.221. The van der Waals surface area contributed by atoms with Crippen molar-refractivity contribution in [3.63, 3.8) is 0 Å². The van der Waals surface area contributed by atoms with Crippen molar-refractivity contribution in [1.29, 1.82) is 0 Å². The van der Waals surface area contributed by atoms with Gasteiger partial charge < -0.3 is 4.74 Å². The normalized spacial score (nSPS) is 14.8. The van der Waals surface area contributed by atoms with Crippen LogP contribution in [0, 0.1) is 6.92 Å². The number of rotatable bonds is 5. The Labute approximate surface area is 204 Å². The van der Waals surface area contributed by atoms with Crippen LogP contribution >= 0.6 is 35.0 Å². The fraction of sp³-hybridized carbons (Fsp3) is 0.0800. The first-order valence-corrected chi connectivity index (χ1v) is 11.5. The third-order valence-corrected chi connectivity index (χ3v) is 6.49. The second kappa shape index (κ2) is 9.83. The van der Waals surface area contributed by atoms with Crippen molar-refractivity contribution >= 4 is 58.2 Å². The van der Waals surface area contributed by atoms with Crippen molar-refractivity contribution in [3.8, 4) is 5.75 Å². The zero-order valence-electron chi connectivity index (χ0n) is 17.4. The van der Waals surface area contributed by atoms with Crippen molar-refractivity contribution in [2.24, 2.45) is 0 Å². The highest BCUT2D eigenvalue weighted by Crippen LogP contribution is 2.34. The Morgan fingerprint density at radius 1 is 1.00 bits per heavy atom. The SMILES string of the molecule is Cc1cccc(C(=O)Oc2ccc(/C=C3\SC(=O)N(Cc4ccc(Cl)c(Cl)c4)C3=O)cc2)c1. The van der Waals surface area contributed by atoms with Gasteiger partial charge in [0.25, 0.3) is 11.1 Å². The molecule has 1 aliphatic heterocycles. The van der Waals surface area contributed by atoms with Crippen LogP contribution in [0.2, 0.25) is 10.0 Å². The van der Waals surface area contributed by atoms with Crippen LogP contribution in [0.25, 0.3) is 6.08 Å². The molecule has 8 heteroatoms. The molecule has 1 fully saturated rings. The lowest BCUT2D eigenvalue weighted by Crippen LogP contribution is -2.27. The highest BCUT2D eigenvalue weighted by Gasteiger charge is 2.35. The number of hydrogen-bond donors (Lipinski definition) is 0. The van der Waals surface area contributed by atoms with E-state index in [-0.39, 0.29) is 17.7 Å². The fourth-order valence-corrected chi connectivity index (χ4v) is 4.34. The number of aryl methyl sites for hydroxylation is 1. The largest absolute Gasteiger partial charge is 0.423 e. The predicted octanol–water partition coefficient (Wildman–Crippen LogP) is 6.76. The molecule has 3 aromatic carbocycles. The molecule has 3 aromatic rings. The number of benzene rings is 3. The Morgan fingerprint density at radius 3 is 2.45 bits per heavy atom. The smallest absolute Gasteiger partial charge is 0.343 e. The Kier molecular flexibility index (Phi) is 6.88. The number of amides is 2. The summed E-state index contributed by atoms with van der Waals surface area (Å²) in [6.45, 7) is 2.00. The number of ether oxygens (including phenoxy) is 1. The third-order valence-electron chi connectivity index (χ3n) is 4.84. The minimum absolute atomic E-state index is 0.104. The van der Waals surface area contributed by atoms with Crippen molar-refractivity contribution in [1.82, 2.24) is 4.90 Å². The number of esters is 1. The van der Waals surface area contributed by atoms with Gasteiger partial charge in [0.2, 0.25) is 0 Å². The molecule has 166 valence electrons. The Balaban J connectivity index is 1.44. The molecule has 0 aliphatic carbocycles. The van der Waals surface area contributed by atoms with E-state index in [9.17, 15) is 14.4 Å². The molecule has 1 heterocycles. The van der Waals surface area contributed by atoms with Gasteiger partial charge in [0, 0.05) is 0 Å². The minimum atomic E-state index is -0.449. The summed E-state index contributed by atoms with van der Waals surface area (Å²) < 4.78 is 5.41. The van der Waals surface area contributed by atoms with Gasteiger partial charge in [-0.15, -0.1) is 0 Å². The second-order valence-corrected chi connectivity index (χ2v) is 9.15. The zero-order valence-corrected chi connectivity index (χ0v) is 19.7. The Morgan fingerprint density at radius 2 is 1.76 bits per heavy atom. The molecular weight excluding hydrogens is 481 g/mol. The first-order chi connectivity index (χ1) is 15.8. The molecule has 2 amide bonds. The number of imide groups is 1. The van der Waals surface area contributed by atoms with E-state index in [1.165, 1.54) is 0 Å². The molecular formula is C25H17Cl2NO4S. The van der Waals surface area contributed by atoms with Crippen LogP contribution in [-0.2, 0) is 11.3 Å². The van der Waals surface area contributed by atoms with E-state index < -0.39 is 5.97 Å². The molecule has 0 aromatic heterocycles. The standard InChI is InChI=1S/C25H17Cl2NO4S/c1-15-3-2-4-18(11-15)24(30)32-19-8-5-16(6-9-19)13-22-23(29)28(25(31)33-22)14-17-7-10-20(26)21(27)12-17/h2-13H,14H2,1H3/b22-13-. The van der Waals surface area contributed by atoms with Gasteiger partial charge >= 0.3 is 5.97 Å². The molecule has 0 bridgehead atoms. The number of carbonyl (C=O) groups excluding carboxylic acids is 3. The molecule has 0 atom stereocenters. The maximum Gasteiger partial charge on any atom is 0.343 e. The summed E-state index contributed by atoms with van der Waals surface area (Å²) in [4.78, 5) is 38.9. The molecule has 1 aliphatic rings. The maximum absolute atomic E-state index is 12.8. The monoisotopic (exact) mass is 497 g/mol. The number of hydrogen-bond acceptors (Lipinski definition) is 5. The van der Waals surface area contributed by atoms with Crippen LogP contribution in [0.1, 0.15) is 27.0 Å². The van der Waals surface area contributed by atoms with Gasteiger partial charge in [0.1, 0.15) is 5.75 Å². The number of thioether (sulfide) groups is 1. The summed E-state index contributed by atoms with van der Waals surface area (Å²) in [6.07, 6.45) is 1.63.